The van der Waals surface area contributed by atoms with E-state index in [1.807, 2.05) is 0 Å². The van der Waals surface area contributed by atoms with Crippen molar-refractivity contribution in [3.8, 4) is 0 Å². The topological polar surface area (TPSA) is 152 Å². The molecule has 1 saturated heterocycles. The third-order valence-electron chi connectivity index (χ3n) is 4.56. The third-order valence-corrected chi connectivity index (χ3v) is 7.87. The van der Waals surface area contributed by atoms with Crippen molar-refractivity contribution in [2.24, 2.45) is 0 Å². The van der Waals surface area contributed by atoms with Gasteiger partial charge in [-0.25, -0.2) is 21.6 Å². The van der Waals surface area contributed by atoms with E-state index >= 15 is 0 Å². The number of sulfonamides is 1. The highest BCUT2D eigenvalue weighted by Gasteiger charge is 2.38. The number of hydrogen-bond acceptors (Lipinski definition) is 8. The first-order chi connectivity index (χ1) is 13.0. The minimum Gasteiger partial charge on any atom is -0.478 e. The van der Waals surface area contributed by atoms with Gasteiger partial charge in [0.2, 0.25) is 15.7 Å². The third kappa shape index (κ3) is 3.87. The van der Waals surface area contributed by atoms with E-state index in [0.717, 1.165) is 16.8 Å². The molecule has 1 unspecified atom stereocenters. The average molecular weight is 430 g/mol. The molecule has 1 aliphatic heterocycles. The zero-order valence-corrected chi connectivity index (χ0v) is 16.5. The predicted octanol–water partition coefficient (Wildman–Crippen LogP) is 0.828. The van der Waals surface area contributed by atoms with Crippen LogP contribution < -0.4 is 4.31 Å². The Kier molecular flexibility index (Phi) is 5.19. The number of carbonyl (C=O) groups excluding carboxylic acids is 1. The summed E-state index contributed by atoms with van der Waals surface area (Å²) in [6.07, 6.45) is 2.15. The summed E-state index contributed by atoms with van der Waals surface area (Å²) in [7, 11) is -7.23. The summed E-state index contributed by atoms with van der Waals surface area (Å²) in [4.78, 5) is 27.0. The van der Waals surface area contributed by atoms with Gasteiger partial charge in [-0.2, -0.15) is 4.98 Å². The lowest BCUT2D eigenvalue weighted by molar-refractivity contribution is -0.117. The molecule has 3 heterocycles. The van der Waals surface area contributed by atoms with Crippen molar-refractivity contribution >= 4 is 48.5 Å². The number of pyridine rings is 1. The van der Waals surface area contributed by atoms with Crippen LogP contribution in [0, 0.1) is 0 Å². The number of rotatable bonds is 7. The largest absolute Gasteiger partial charge is 0.478 e. The van der Waals surface area contributed by atoms with Crippen molar-refractivity contribution in [2.45, 2.75) is 24.5 Å². The van der Waals surface area contributed by atoms with Crippen LogP contribution in [0.15, 0.2) is 22.8 Å². The molecule has 0 aromatic carbocycles. The van der Waals surface area contributed by atoms with Gasteiger partial charge in [0.1, 0.15) is 22.9 Å². The van der Waals surface area contributed by atoms with E-state index in [9.17, 15) is 26.4 Å². The number of aromatic carboxylic acids is 1. The number of hydrogen-bond donors (Lipinski definition) is 1. The Morgan fingerprint density at radius 1 is 1.39 bits per heavy atom. The van der Waals surface area contributed by atoms with E-state index in [1.165, 1.54) is 12.1 Å². The van der Waals surface area contributed by atoms with E-state index in [4.69, 9.17) is 9.52 Å². The van der Waals surface area contributed by atoms with Gasteiger partial charge in [-0.15, -0.1) is 0 Å². The van der Waals surface area contributed by atoms with Gasteiger partial charge in [0, 0.05) is 13.0 Å². The summed E-state index contributed by atoms with van der Waals surface area (Å²) < 4.78 is 54.2. The fourth-order valence-corrected chi connectivity index (χ4v) is 5.88. The summed E-state index contributed by atoms with van der Waals surface area (Å²) in [5.74, 6) is -1.70. The molecule has 152 valence electrons. The molecule has 0 spiro atoms. The Bertz CT molecular complexity index is 1150. The highest BCUT2D eigenvalue weighted by molar-refractivity contribution is 7.93. The van der Waals surface area contributed by atoms with Crippen LogP contribution in [0.2, 0.25) is 0 Å². The zero-order valence-electron chi connectivity index (χ0n) is 14.9. The molecule has 0 radical (unpaired) electrons. The lowest BCUT2D eigenvalue weighted by Gasteiger charge is -2.21. The van der Waals surface area contributed by atoms with Crippen molar-refractivity contribution in [3.63, 3.8) is 0 Å². The van der Waals surface area contributed by atoms with E-state index in [0.29, 0.717) is 0 Å². The summed E-state index contributed by atoms with van der Waals surface area (Å²) in [6.45, 7) is -0.0802. The molecule has 0 saturated carbocycles. The molecule has 1 aliphatic rings. The molecule has 10 nitrogen and oxygen atoms in total. The van der Waals surface area contributed by atoms with E-state index in [2.05, 4.69) is 4.98 Å². The molecule has 2 aromatic rings. The minimum absolute atomic E-state index is 0.00851. The number of sulfone groups is 1. The number of carboxylic acid groups (broad SMARTS) is 1. The maximum atomic E-state index is 12.2. The average Bonchev–Trinajstić information content (AvgIpc) is 3.12. The van der Waals surface area contributed by atoms with Crippen molar-refractivity contribution < 1.29 is 35.9 Å². The number of anilines is 1. The molecular weight excluding hydrogens is 412 g/mol. The van der Waals surface area contributed by atoms with Crippen molar-refractivity contribution in [1.29, 1.82) is 0 Å². The second-order valence-electron chi connectivity index (χ2n) is 6.53. The van der Waals surface area contributed by atoms with Crippen LogP contribution in [-0.2, 0) is 24.7 Å². The van der Waals surface area contributed by atoms with Gasteiger partial charge in [0.25, 0.3) is 0 Å². The van der Waals surface area contributed by atoms with Crippen LogP contribution in [0.4, 0.5) is 5.82 Å². The standard InChI is InChI=1S/C16H18N2O8S2/c1-27(22,23)18(7-2-3-13-12(19)6-8-28(13,24)25)14-5-4-10-11(16(20)21)9-26-15(10)17-14/h4-5,9,13H,2-3,6-8H2,1H3,(H,20,21). The first-order valence-electron chi connectivity index (χ1n) is 8.34. The molecular formula is C16H18N2O8S2. The monoisotopic (exact) mass is 430 g/mol. The summed E-state index contributed by atoms with van der Waals surface area (Å²) >= 11 is 0. The lowest BCUT2D eigenvalue weighted by Crippen LogP contribution is -2.33. The van der Waals surface area contributed by atoms with E-state index in [-0.39, 0.29) is 59.8 Å². The lowest BCUT2D eigenvalue weighted by atomic mass is 10.1. The van der Waals surface area contributed by atoms with Crippen molar-refractivity contribution in [3.05, 3.63) is 24.0 Å². The van der Waals surface area contributed by atoms with Gasteiger partial charge in [-0.1, -0.05) is 0 Å². The summed E-state index contributed by atoms with van der Waals surface area (Å²) in [6, 6.07) is 2.75. The van der Waals surface area contributed by atoms with Crippen LogP contribution in [0.3, 0.4) is 0 Å². The normalized spacial score (nSPS) is 19.2. The highest BCUT2D eigenvalue weighted by atomic mass is 32.2. The number of aromatic nitrogens is 1. The number of carbonyl (C=O) groups is 2. The Morgan fingerprint density at radius 2 is 2.11 bits per heavy atom. The maximum absolute atomic E-state index is 12.2. The SMILES string of the molecule is CS(=O)(=O)N(CCCC1C(=O)CCS1(=O)=O)c1ccc2c(C(=O)O)coc2n1. The summed E-state index contributed by atoms with van der Waals surface area (Å²) in [5.41, 5.74) is -0.123. The Balaban J connectivity index is 1.82. The van der Waals surface area contributed by atoms with Crippen LogP contribution in [-0.4, -0.2) is 62.5 Å². The predicted molar refractivity (Wildman–Crippen MR) is 99.6 cm³/mol. The van der Waals surface area contributed by atoms with Gasteiger partial charge < -0.3 is 9.52 Å². The Labute approximate surface area is 161 Å². The molecule has 1 N–H and O–H groups in total. The number of furan rings is 1. The Morgan fingerprint density at radius 3 is 2.68 bits per heavy atom. The van der Waals surface area contributed by atoms with Gasteiger partial charge in [0.15, 0.2) is 15.6 Å². The van der Waals surface area contributed by atoms with E-state index < -0.39 is 31.1 Å². The van der Waals surface area contributed by atoms with Gasteiger partial charge in [-0.3, -0.25) is 9.10 Å². The molecule has 28 heavy (non-hydrogen) atoms. The van der Waals surface area contributed by atoms with Crippen LogP contribution in [0.25, 0.3) is 11.1 Å². The molecule has 0 bridgehead atoms. The molecule has 1 fully saturated rings. The van der Waals surface area contributed by atoms with Crippen LogP contribution in [0.1, 0.15) is 29.6 Å². The smallest absolute Gasteiger partial charge is 0.339 e. The quantitative estimate of drug-likeness (QED) is 0.673. The molecule has 2 aromatic heterocycles. The van der Waals surface area contributed by atoms with Crippen LogP contribution >= 0.6 is 0 Å². The van der Waals surface area contributed by atoms with Crippen molar-refractivity contribution in [2.75, 3.05) is 22.9 Å². The maximum Gasteiger partial charge on any atom is 0.339 e. The van der Waals surface area contributed by atoms with Gasteiger partial charge in [-0.05, 0) is 25.0 Å². The molecule has 12 heteroatoms. The number of carboxylic acids is 1. The second kappa shape index (κ2) is 7.17. The van der Waals surface area contributed by atoms with Gasteiger partial charge in [0.05, 0.1) is 17.4 Å². The zero-order chi connectivity index (χ0) is 20.7. The molecule has 0 amide bonds. The van der Waals surface area contributed by atoms with Crippen LogP contribution in [0.5, 0.6) is 0 Å². The minimum atomic E-state index is -3.76. The van der Waals surface area contributed by atoms with Crippen molar-refractivity contribution in [1.82, 2.24) is 4.98 Å². The first kappa shape index (κ1) is 20.3. The van der Waals surface area contributed by atoms with E-state index in [1.54, 1.807) is 0 Å². The second-order valence-corrected chi connectivity index (χ2v) is 10.7. The molecule has 1 atom stereocenters. The number of fused-ring (bicyclic) bond motifs is 1. The summed E-state index contributed by atoms with van der Waals surface area (Å²) in [5, 5.41) is 8.23. The van der Waals surface area contributed by atoms with Gasteiger partial charge >= 0.3 is 5.97 Å². The first-order valence-corrected chi connectivity index (χ1v) is 11.9. The Hall–Kier alpha value is -2.47. The fraction of sp³-hybridized carbons (Fsp3) is 0.438. The number of nitrogens with zero attached hydrogens (tertiary/aromatic N) is 2. The number of Topliss-reactive ketones (excluding diaryl/α,β-unsaturated/α-hetero) is 1. The highest BCUT2D eigenvalue weighted by Crippen LogP contribution is 2.26. The number of ketones is 1. The molecule has 3 rings (SSSR count). The molecule has 0 aliphatic carbocycles. The fourth-order valence-electron chi connectivity index (χ4n) is 3.17.